The van der Waals surface area contributed by atoms with E-state index >= 15 is 0 Å². The standard InChI is InChI=1S/C12H17NO4S/c1-17-12(14)7-9-13-18(15,16)10-8-11-5-3-2-4-6-11/h2-6,13H,7-10H2,1H3. The number of nitrogens with one attached hydrogen (secondary N) is 1. The molecular weight excluding hydrogens is 254 g/mol. The Hall–Kier alpha value is -1.40. The molecule has 0 bridgehead atoms. The number of esters is 1. The molecule has 0 radical (unpaired) electrons. The first-order valence-electron chi connectivity index (χ1n) is 5.61. The van der Waals surface area contributed by atoms with Gasteiger partial charge in [0.25, 0.3) is 0 Å². The highest BCUT2D eigenvalue weighted by Crippen LogP contribution is 2.01. The average Bonchev–Trinajstić information content (AvgIpc) is 2.37. The Morgan fingerprint density at radius 2 is 1.94 bits per heavy atom. The third-order valence-corrected chi connectivity index (χ3v) is 3.77. The summed E-state index contributed by atoms with van der Waals surface area (Å²) in [4.78, 5) is 10.8. The maximum absolute atomic E-state index is 11.6. The second-order valence-corrected chi connectivity index (χ2v) is 5.70. The highest BCUT2D eigenvalue weighted by atomic mass is 32.2. The van der Waals surface area contributed by atoms with Crippen molar-refractivity contribution in [3.8, 4) is 0 Å². The van der Waals surface area contributed by atoms with Crippen molar-refractivity contribution >= 4 is 16.0 Å². The molecule has 0 aromatic heterocycles. The Labute approximate surface area is 107 Å². The molecule has 1 aromatic rings. The number of carbonyl (C=O) groups is 1. The van der Waals surface area contributed by atoms with Crippen molar-refractivity contribution in [1.82, 2.24) is 4.72 Å². The molecule has 0 saturated heterocycles. The second-order valence-electron chi connectivity index (χ2n) is 3.77. The zero-order chi connectivity index (χ0) is 13.4. The lowest BCUT2D eigenvalue weighted by atomic mass is 10.2. The lowest BCUT2D eigenvalue weighted by molar-refractivity contribution is -0.140. The number of carbonyl (C=O) groups excluding carboxylic acids is 1. The van der Waals surface area contributed by atoms with Crippen LogP contribution in [0, 0.1) is 0 Å². The van der Waals surface area contributed by atoms with Gasteiger partial charge in [-0.15, -0.1) is 0 Å². The highest BCUT2D eigenvalue weighted by molar-refractivity contribution is 7.89. The van der Waals surface area contributed by atoms with Gasteiger partial charge in [-0.25, -0.2) is 13.1 Å². The van der Waals surface area contributed by atoms with Crippen molar-refractivity contribution < 1.29 is 17.9 Å². The lowest BCUT2D eigenvalue weighted by Crippen LogP contribution is -2.29. The van der Waals surface area contributed by atoms with Crippen LogP contribution in [-0.2, 0) is 26.0 Å². The van der Waals surface area contributed by atoms with Crippen LogP contribution in [0.15, 0.2) is 30.3 Å². The first kappa shape index (κ1) is 14.7. The predicted octanol–water partition coefficient (Wildman–Crippen LogP) is 0.712. The van der Waals surface area contributed by atoms with Crippen LogP contribution in [0.4, 0.5) is 0 Å². The van der Waals surface area contributed by atoms with Crippen molar-refractivity contribution in [3.05, 3.63) is 35.9 Å². The van der Waals surface area contributed by atoms with Gasteiger partial charge in [-0.1, -0.05) is 30.3 Å². The van der Waals surface area contributed by atoms with E-state index in [2.05, 4.69) is 9.46 Å². The summed E-state index contributed by atoms with van der Waals surface area (Å²) in [6.07, 6.45) is 0.496. The second kappa shape index (κ2) is 7.13. The van der Waals surface area contributed by atoms with E-state index in [0.717, 1.165) is 5.56 Å². The lowest BCUT2D eigenvalue weighted by Gasteiger charge is -2.06. The molecule has 18 heavy (non-hydrogen) atoms. The smallest absolute Gasteiger partial charge is 0.306 e. The Morgan fingerprint density at radius 3 is 2.56 bits per heavy atom. The van der Waals surface area contributed by atoms with Crippen LogP contribution >= 0.6 is 0 Å². The number of hydrogen-bond donors (Lipinski definition) is 1. The van der Waals surface area contributed by atoms with E-state index in [9.17, 15) is 13.2 Å². The molecule has 0 amide bonds. The van der Waals surface area contributed by atoms with E-state index < -0.39 is 16.0 Å². The summed E-state index contributed by atoms with van der Waals surface area (Å²) in [5.74, 6) is -0.418. The van der Waals surface area contributed by atoms with Crippen LogP contribution in [0.25, 0.3) is 0 Å². The molecule has 0 unspecified atom stereocenters. The fraction of sp³-hybridized carbons (Fsp3) is 0.417. The van der Waals surface area contributed by atoms with Crippen molar-refractivity contribution in [1.29, 1.82) is 0 Å². The molecule has 0 aliphatic heterocycles. The number of ether oxygens (including phenoxy) is 1. The van der Waals surface area contributed by atoms with Crippen LogP contribution in [0.1, 0.15) is 12.0 Å². The maximum Gasteiger partial charge on any atom is 0.306 e. The Bertz CT molecular complexity index is 470. The number of benzene rings is 1. The van der Waals surface area contributed by atoms with E-state index in [1.54, 1.807) is 0 Å². The van der Waals surface area contributed by atoms with Gasteiger partial charge in [0.1, 0.15) is 0 Å². The largest absolute Gasteiger partial charge is 0.469 e. The van der Waals surface area contributed by atoms with Crippen LogP contribution in [0.5, 0.6) is 0 Å². The normalized spacial score (nSPS) is 11.2. The summed E-state index contributed by atoms with van der Waals surface area (Å²) in [6.45, 7) is 0.0732. The van der Waals surface area contributed by atoms with E-state index in [4.69, 9.17) is 0 Å². The van der Waals surface area contributed by atoms with Crippen molar-refractivity contribution in [2.45, 2.75) is 12.8 Å². The molecule has 0 aliphatic rings. The molecular formula is C12H17NO4S. The topological polar surface area (TPSA) is 72.5 Å². The molecule has 1 N–H and O–H groups in total. The maximum atomic E-state index is 11.6. The summed E-state index contributed by atoms with van der Waals surface area (Å²) < 4.78 is 30.0. The summed E-state index contributed by atoms with van der Waals surface area (Å²) in [5, 5.41) is 0. The fourth-order valence-corrected chi connectivity index (χ4v) is 2.44. The Kier molecular flexibility index (Phi) is 5.80. The van der Waals surface area contributed by atoms with Gasteiger partial charge in [-0.05, 0) is 12.0 Å². The summed E-state index contributed by atoms with van der Waals surface area (Å²) >= 11 is 0. The molecule has 0 aliphatic carbocycles. The summed E-state index contributed by atoms with van der Waals surface area (Å²) in [5.41, 5.74) is 0.968. The molecule has 1 rings (SSSR count). The van der Waals surface area contributed by atoms with Gasteiger partial charge in [-0.3, -0.25) is 4.79 Å². The molecule has 0 saturated carbocycles. The van der Waals surface area contributed by atoms with Crippen LogP contribution in [0.3, 0.4) is 0 Å². The van der Waals surface area contributed by atoms with Crippen LogP contribution in [-0.4, -0.2) is 33.8 Å². The number of methoxy groups -OCH3 is 1. The minimum atomic E-state index is -3.34. The van der Waals surface area contributed by atoms with Crippen molar-refractivity contribution in [2.24, 2.45) is 0 Å². The van der Waals surface area contributed by atoms with E-state index in [1.165, 1.54) is 7.11 Å². The molecule has 1 aromatic carbocycles. The molecule has 0 atom stereocenters. The predicted molar refractivity (Wildman–Crippen MR) is 68.6 cm³/mol. The zero-order valence-corrected chi connectivity index (χ0v) is 11.1. The zero-order valence-electron chi connectivity index (χ0n) is 10.3. The summed E-state index contributed by atoms with van der Waals surface area (Å²) in [6, 6.07) is 9.37. The molecule has 100 valence electrons. The third kappa shape index (κ3) is 5.79. The average molecular weight is 271 g/mol. The Morgan fingerprint density at radius 1 is 1.28 bits per heavy atom. The van der Waals surface area contributed by atoms with Gasteiger partial charge in [-0.2, -0.15) is 0 Å². The van der Waals surface area contributed by atoms with Gasteiger partial charge in [0.05, 0.1) is 19.3 Å². The van der Waals surface area contributed by atoms with Gasteiger partial charge < -0.3 is 4.74 Å². The fourth-order valence-electron chi connectivity index (χ4n) is 1.38. The first-order valence-corrected chi connectivity index (χ1v) is 7.27. The van der Waals surface area contributed by atoms with Gasteiger partial charge in [0.15, 0.2) is 0 Å². The monoisotopic (exact) mass is 271 g/mol. The van der Waals surface area contributed by atoms with E-state index in [-0.39, 0.29) is 18.7 Å². The molecule has 0 fully saturated rings. The number of aryl methyl sites for hydroxylation is 1. The number of sulfonamides is 1. The van der Waals surface area contributed by atoms with Crippen LogP contribution in [0.2, 0.25) is 0 Å². The first-order chi connectivity index (χ1) is 8.53. The quantitative estimate of drug-likeness (QED) is 0.741. The number of rotatable bonds is 7. The minimum Gasteiger partial charge on any atom is -0.469 e. The van der Waals surface area contributed by atoms with Gasteiger partial charge >= 0.3 is 5.97 Å². The van der Waals surface area contributed by atoms with Crippen molar-refractivity contribution in [2.75, 3.05) is 19.4 Å². The summed E-state index contributed by atoms with van der Waals surface area (Å²) in [7, 11) is -2.07. The highest BCUT2D eigenvalue weighted by Gasteiger charge is 2.10. The molecule has 6 heteroatoms. The molecule has 5 nitrogen and oxygen atoms in total. The van der Waals surface area contributed by atoms with Crippen molar-refractivity contribution in [3.63, 3.8) is 0 Å². The third-order valence-electron chi connectivity index (χ3n) is 2.38. The van der Waals surface area contributed by atoms with E-state index in [1.807, 2.05) is 30.3 Å². The number of hydrogen-bond acceptors (Lipinski definition) is 4. The minimum absolute atomic E-state index is 0.0121. The van der Waals surface area contributed by atoms with E-state index in [0.29, 0.717) is 6.42 Å². The SMILES string of the molecule is COC(=O)CCNS(=O)(=O)CCc1ccccc1. The van der Waals surface area contributed by atoms with Crippen LogP contribution < -0.4 is 4.72 Å². The van der Waals surface area contributed by atoms with Gasteiger partial charge in [0, 0.05) is 6.54 Å². The molecule has 0 spiro atoms. The Balaban J connectivity index is 2.34. The molecule has 0 heterocycles. The van der Waals surface area contributed by atoms with Gasteiger partial charge in [0.2, 0.25) is 10.0 Å².